The molecule has 0 aromatic carbocycles. The maximum atomic E-state index is 8.49. The van der Waals surface area contributed by atoms with Gasteiger partial charge in [0.15, 0.2) is 17.9 Å². The average Bonchev–Trinajstić information content (AvgIpc) is 2.80. The molecule has 0 bridgehead atoms. The molecule has 0 amide bonds. The Labute approximate surface area is 116 Å². The van der Waals surface area contributed by atoms with E-state index < -0.39 is 24.0 Å². The molecule has 3 rings (SSSR count). The summed E-state index contributed by atoms with van der Waals surface area (Å²) in [7, 11) is 0. The van der Waals surface area contributed by atoms with E-state index in [0.717, 1.165) is 0 Å². The molecule has 0 radical (unpaired) electrons. The van der Waals surface area contributed by atoms with Gasteiger partial charge in [-0.05, 0) is 33.2 Å². The van der Waals surface area contributed by atoms with E-state index in [1.807, 2.05) is 27.7 Å². The normalized spacial score (nSPS) is 44.5. The van der Waals surface area contributed by atoms with Crippen LogP contribution in [0.15, 0.2) is 5.11 Å². The summed E-state index contributed by atoms with van der Waals surface area (Å²) in [5, 5.41) is 3.58. The predicted molar refractivity (Wildman–Crippen MR) is 66.5 cm³/mol. The molecule has 8 nitrogen and oxygen atoms in total. The monoisotopic (exact) mass is 285 g/mol. The van der Waals surface area contributed by atoms with Crippen LogP contribution < -0.4 is 0 Å². The molecule has 8 heteroatoms. The Kier molecular flexibility index (Phi) is 3.20. The van der Waals surface area contributed by atoms with E-state index in [2.05, 4.69) is 10.0 Å². The SMILES string of the molecule is CC1(C)O[C@H]2O[C@H](CN=[N+]=[N-])[C@@H]3OC(C)(C)O[C@@H]3[C@@H]2O1. The molecule has 0 aromatic heterocycles. The summed E-state index contributed by atoms with van der Waals surface area (Å²) in [5.74, 6) is -1.46. The molecule has 0 aromatic rings. The number of rotatable bonds is 2. The maximum absolute atomic E-state index is 8.49. The van der Waals surface area contributed by atoms with Crippen molar-refractivity contribution in [1.82, 2.24) is 0 Å². The molecule has 0 N–H and O–H groups in total. The van der Waals surface area contributed by atoms with Crippen LogP contribution in [0.4, 0.5) is 0 Å². The highest BCUT2D eigenvalue weighted by Gasteiger charge is 2.60. The van der Waals surface area contributed by atoms with Crippen molar-refractivity contribution in [2.45, 2.75) is 70.0 Å². The highest BCUT2D eigenvalue weighted by Crippen LogP contribution is 2.44. The van der Waals surface area contributed by atoms with Gasteiger partial charge in [-0.25, -0.2) is 0 Å². The van der Waals surface area contributed by atoms with Gasteiger partial charge in [0.05, 0.1) is 12.6 Å². The number of azide groups is 1. The lowest BCUT2D eigenvalue weighted by Gasteiger charge is -2.36. The Morgan fingerprint density at radius 1 is 0.950 bits per heavy atom. The van der Waals surface area contributed by atoms with Crippen molar-refractivity contribution < 1.29 is 23.7 Å². The van der Waals surface area contributed by atoms with E-state index >= 15 is 0 Å². The highest BCUT2D eigenvalue weighted by molar-refractivity contribution is 5.00. The first-order valence-corrected chi connectivity index (χ1v) is 6.69. The zero-order valence-corrected chi connectivity index (χ0v) is 12.0. The first-order valence-electron chi connectivity index (χ1n) is 6.69. The number of fused-ring (bicyclic) bond motifs is 3. The molecule has 112 valence electrons. The van der Waals surface area contributed by atoms with Gasteiger partial charge >= 0.3 is 0 Å². The number of nitrogens with zero attached hydrogens (tertiary/aromatic N) is 3. The fourth-order valence-corrected chi connectivity index (χ4v) is 2.96. The van der Waals surface area contributed by atoms with E-state index in [4.69, 9.17) is 29.2 Å². The second-order valence-corrected chi connectivity index (χ2v) is 6.12. The van der Waals surface area contributed by atoms with Gasteiger partial charge in [0.25, 0.3) is 0 Å². The average molecular weight is 285 g/mol. The van der Waals surface area contributed by atoms with Crippen LogP contribution in [0.2, 0.25) is 0 Å². The van der Waals surface area contributed by atoms with Crippen LogP contribution in [0, 0.1) is 0 Å². The fourth-order valence-electron chi connectivity index (χ4n) is 2.96. The molecule has 3 heterocycles. The van der Waals surface area contributed by atoms with Crippen molar-refractivity contribution in [3.63, 3.8) is 0 Å². The molecule has 0 saturated carbocycles. The second-order valence-electron chi connectivity index (χ2n) is 6.12. The molecule has 5 atom stereocenters. The van der Waals surface area contributed by atoms with Crippen molar-refractivity contribution in [2.75, 3.05) is 6.54 Å². The second kappa shape index (κ2) is 4.56. The van der Waals surface area contributed by atoms with Crippen LogP contribution in [0.3, 0.4) is 0 Å². The number of ether oxygens (including phenoxy) is 5. The standard InChI is InChI=1S/C12H19N3O5/c1-11(2)17-7-6(5-14-15-13)16-10-9(8(7)18-11)19-12(3,4)20-10/h6-10H,5H2,1-4H3/t6-,7+,8+,9+,10-/m1/s1. The summed E-state index contributed by atoms with van der Waals surface area (Å²) in [5.41, 5.74) is 8.49. The molecule has 0 spiro atoms. The molecule has 0 aliphatic carbocycles. The fraction of sp³-hybridized carbons (Fsp3) is 1.00. The molecule has 3 fully saturated rings. The van der Waals surface area contributed by atoms with Crippen LogP contribution in [0.25, 0.3) is 10.4 Å². The lowest BCUT2D eigenvalue weighted by molar-refractivity contribution is -0.231. The van der Waals surface area contributed by atoms with Crippen LogP contribution >= 0.6 is 0 Å². The van der Waals surface area contributed by atoms with Crippen LogP contribution in [-0.2, 0) is 23.7 Å². The third kappa shape index (κ3) is 2.39. The van der Waals surface area contributed by atoms with Crippen molar-refractivity contribution in [3.8, 4) is 0 Å². The minimum atomic E-state index is -0.733. The Hall–Kier alpha value is -0.890. The van der Waals surface area contributed by atoms with Crippen molar-refractivity contribution >= 4 is 0 Å². The number of hydrogen-bond donors (Lipinski definition) is 0. The first kappa shape index (κ1) is 14.1. The molecule has 20 heavy (non-hydrogen) atoms. The van der Waals surface area contributed by atoms with Crippen molar-refractivity contribution in [1.29, 1.82) is 0 Å². The smallest absolute Gasteiger partial charge is 0.190 e. The van der Waals surface area contributed by atoms with Crippen LogP contribution in [-0.4, -0.2) is 48.8 Å². The van der Waals surface area contributed by atoms with Crippen molar-refractivity contribution in [2.24, 2.45) is 5.11 Å². The lowest BCUT2D eigenvalue weighted by atomic mass is 9.99. The molecular formula is C12H19N3O5. The summed E-state index contributed by atoms with van der Waals surface area (Å²) in [6.07, 6.45) is -1.93. The quantitative estimate of drug-likeness (QED) is 0.437. The Morgan fingerprint density at radius 3 is 2.25 bits per heavy atom. The Morgan fingerprint density at radius 2 is 1.55 bits per heavy atom. The van der Waals surface area contributed by atoms with E-state index in [9.17, 15) is 0 Å². The van der Waals surface area contributed by atoms with E-state index in [1.165, 1.54) is 0 Å². The summed E-state index contributed by atoms with van der Waals surface area (Å²) in [4.78, 5) is 2.77. The van der Waals surface area contributed by atoms with Gasteiger partial charge in [-0.2, -0.15) is 0 Å². The number of hydrogen-bond acceptors (Lipinski definition) is 6. The van der Waals surface area contributed by atoms with Crippen molar-refractivity contribution in [3.05, 3.63) is 10.4 Å². The summed E-state index contributed by atoms with van der Waals surface area (Å²) >= 11 is 0. The van der Waals surface area contributed by atoms with Gasteiger partial charge in [-0.3, -0.25) is 0 Å². The van der Waals surface area contributed by atoms with Gasteiger partial charge < -0.3 is 23.7 Å². The maximum Gasteiger partial charge on any atom is 0.190 e. The van der Waals surface area contributed by atoms with E-state index in [-0.39, 0.29) is 24.9 Å². The minimum Gasteiger partial charge on any atom is -0.344 e. The molecular weight excluding hydrogens is 266 g/mol. The Balaban J connectivity index is 1.85. The third-order valence-corrected chi connectivity index (χ3v) is 3.58. The molecule has 3 aliphatic rings. The van der Waals surface area contributed by atoms with Gasteiger partial charge in [0.2, 0.25) is 0 Å². The van der Waals surface area contributed by atoms with Crippen LogP contribution in [0.1, 0.15) is 27.7 Å². The van der Waals surface area contributed by atoms with E-state index in [1.54, 1.807) is 0 Å². The molecule has 3 saturated heterocycles. The zero-order valence-electron chi connectivity index (χ0n) is 12.0. The molecule has 3 aliphatic heterocycles. The van der Waals surface area contributed by atoms with Gasteiger partial charge in [-0.1, -0.05) is 5.11 Å². The van der Waals surface area contributed by atoms with Gasteiger partial charge in [0.1, 0.15) is 18.3 Å². The molecule has 0 unspecified atom stereocenters. The topological polar surface area (TPSA) is 94.9 Å². The zero-order chi connectivity index (χ0) is 14.5. The lowest BCUT2D eigenvalue weighted by Crippen LogP contribution is -2.55. The third-order valence-electron chi connectivity index (χ3n) is 3.58. The summed E-state index contributed by atoms with van der Waals surface area (Å²) < 4.78 is 29.2. The first-order chi connectivity index (χ1) is 9.31. The minimum absolute atomic E-state index is 0.171. The highest BCUT2D eigenvalue weighted by atomic mass is 16.9. The summed E-state index contributed by atoms with van der Waals surface area (Å²) in [6, 6.07) is 0. The van der Waals surface area contributed by atoms with Gasteiger partial charge in [-0.15, -0.1) is 0 Å². The largest absolute Gasteiger partial charge is 0.344 e. The predicted octanol–water partition coefficient (Wildman–Crippen LogP) is 1.69. The Bertz CT molecular complexity index is 448. The van der Waals surface area contributed by atoms with E-state index in [0.29, 0.717) is 0 Å². The van der Waals surface area contributed by atoms with Crippen LogP contribution in [0.5, 0.6) is 0 Å². The summed E-state index contributed by atoms with van der Waals surface area (Å²) in [6.45, 7) is 7.50. The van der Waals surface area contributed by atoms with Gasteiger partial charge in [0, 0.05) is 4.91 Å².